The topological polar surface area (TPSA) is 116 Å². The molecule has 0 aliphatic rings. The number of nitrogens with one attached hydrogen (secondary N) is 1. The molecule has 0 unspecified atom stereocenters. The summed E-state index contributed by atoms with van der Waals surface area (Å²) in [7, 11) is 0. The average Bonchev–Trinajstić information content (AvgIpc) is 2.95. The van der Waals surface area contributed by atoms with Gasteiger partial charge in [0.05, 0.1) is 5.25 Å². The van der Waals surface area contributed by atoms with Crippen molar-refractivity contribution in [1.29, 1.82) is 0 Å². The van der Waals surface area contributed by atoms with Crippen molar-refractivity contribution in [3.63, 3.8) is 0 Å². The SMILES string of the molecule is C=CCn1c(S[C@H](C(=O)NC(N)=O)C(C)C)nnc1-c1ccncc1. The lowest BCUT2D eigenvalue weighted by Gasteiger charge is -2.18. The number of rotatable bonds is 7. The Morgan fingerprint density at radius 1 is 1.36 bits per heavy atom. The molecule has 132 valence electrons. The standard InChI is InChI=1S/C16H20N6O2S/c1-4-9-22-13(11-5-7-18-8-6-11)20-21-16(22)25-12(10(2)3)14(23)19-15(17)24/h4-8,10,12H,1,9H2,2-3H3,(H3,17,19,23,24)/t12-/m0/s1. The van der Waals surface area contributed by atoms with E-state index < -0.39 is 17.2 Å². The average molecular weight is 360 g/mol. The second-order valence-corrected chi connectivity index (χ2v) is 6.69. The molecule has 3 N–H and O–H groups in total. The molecule has 25 heavy (non-hydrogen) atoms. The van der Waals surface area contributed by atoms with Gasteiger partial charge in [0.15, 0.2) is 11.0 Å². The fourth-order valence-electron chi connectivity index (χ4n) is 2.18. The van der Waals surface area contributed by atoms with Crippen LogP contribution in [0.25, 0.3) is 11.4 Å². The van der Waals surface area contributed by atoms with Crippen molar-refractivity contribution in [1.82, 2.24) is 25.1 Å². The van der Waals surface area contributed by atoms with Crippen molar-refractivity contribution in [2.45, 2.75) is 30.8 Å². The maximum absolute atomic E-state index is 12.2. The van der Waals surface area contributed by atoms with E-state index in [1.807, 2.05) is 30.5 Å². The van der Waals surface area contributed by atoms with Gasteiger partial charge in [-0.2, -0.15) is 0 Å². The van der Waals surface area contributed by atoms with Crippen LogP contribution >= 0.6 is 11.8 Å². The molecule has 2 aromatic heterocycles. The van der Waals surface area contributed by atoms with Crippen LogP contribution in [0.2, 0.25) is 0 Å². The van der Waals surface area contributed by atoms with Gasteiger partial charge in [-0.25, -0.2) is 4.79 Å². The summed E-state index contributed by atoms with van der Waals surface area (Å²) in [6, 6.07) is 2.79. The number of urea groups is 1. The van der Waals surface area contributed by atoms with Gasteiger partial charge in [0.1, 0.15) is 0 Å². The quantitative estimate of drug-likeness (QED) is 0.575. The molecule has 3 amide bonds. The Morgan fingerprint density at radius 3 is 2.60 bits per heavy atom. The van der Waals surface area contributed by atoms with Crippen molar-refractivity contribution in [3.8, 4) is 11.4 Å². The number of carbonyl (C=O) groups is 2. The Kier molecular flexibility index (Phi) is 6.29. The van der Waals surface area contributed by atoms with E-state index in [1.165, 1.54) is 11.8 Å². The minimum Gasteiger partial charge on any atom is -0.351 e. The van der Waals surface area contributed by atoms with Crippen molar-refractivity contribution in [2.24, 2.45) is 11.7 Å². The zero-order valence-corrected chi connectivity index (χ0v) is 14.9. The van der Waals surface area contributed by atoms with Crippen molar-refractivity contribution in [3.05, 3.63) is 37.2 Å². The third-order valence-corrected chi connectivity index (χ3v) is 4.83. The molecule has 0 saturated carbocycles. The summed E-state index contributed by atoms with van der Waals surface area (Å²) in [5, 5.41) is 10.6. The first-order valence-corrected chi connectivity index (χ1v) is 8.53. The highest BCUT2D eigenvalue weighted by Gasteiger charge is 2.27. The van der Waals surface area contributed by atoms with E-state index in [1.54, 1.807) is 18.5 Å². The van der Waals surface area contributed by atoms with E-state index in [4.69, 9.17) is 5.73 Å². The monoisotopic (exact) mass is 360 g/mol. The lowest BCUT2D eigenvalue weighted by Crippen LogP contribution is -2.42. The molecule has 9 heteroatoms. The molecule has 0 bridgehead atoms. The Balaban J connectivity index is 2.34. The second-order valence-electron chi connectivity index (χ2n) is 5.58. The lowest BCUT2D eigenvalue weighted by molar-refractivity contribution is -0.120. The zero-order chi connectivity index (χ0) is 18.4. The highest BCUT2D eigenvalue weighted by molar-refractivity contribution is 8.00. The van der Waals surface area contributed by atoms with Gasteiger partial charge in [0, 0.05) is 24.5 Å². The highest BCUT2D eigenvalue weighted by atomic mass is 32.2. The molecule has 2 heterocycles. The number of hydrogen-bond donors (Lipinski definition) is 2. The molecule has 0 aromatic carbocycles. The zero-order valence-electron chi connectivity index (χ0n) is 14.0. The maximum Gasteiger partial charge on any atom is 0.318 e. The third-order valence-electron chi connectivity index (χ3n) is 3.31. The maximum atomic E-state index is 12.2. The van der Waals surface area contributed by atoms with Gasteiger partial charge in [-0.1, -0.05) is 31.7 Å². The van der Waals surface area contributed by atoms with Gasteiger partial charge in [0.25, 0.3) is 0 Å². The summed E-state index contributed by atoms with van der Waals surface area (Å²) in [5.74, 6) is 0.163. The molecule has 1 atom stereocenters. The molecule has 0 fully saturated rings. The fourth-order valence-corrected chi connectivity index (χ4v) is 3.22. The van der Waals surface area contributed by atoms with Gasteiger partial charge in [-0.05, 0) is 18.1 Å². The van der Waals surface area contributed by atoms with E-state index in [2.05, 4.69) is 27.1 Å². The number of allylic oxidation sites excluding steroid dienone is 1. The minimum absolute atomic E-state index is 0.0393. The normalized spacial score (nSPS) is 12.0. The Labute approximate surface area is 149 Å². The second kappa shape index (κ2) is 8.43. The van der Waals surface area contributed by atoms with E-state index >= 15 is 0 Å². The molecule has 2 aromatic rings. The third kappa shape index (κ3) is 4.66. The van der Waals surface area contributed by atoms with Gasteiger partial charge in [-0.3, -0.25) is 19.7 Å². The summed E-state index contributed by atoms with van der Waals surface area (Å²) in [6.07, 6.45) is 5.07. The van der Waals surface area contributed by atoms with E-state index in [0.717, 1.165) is 5.56 Å². The molecule has 2 rings (SSSR count). The number of hydrogen-bond acceptors (Lipinski definition) is 6. The van der Waals surface area contributed by atoms with Crippen LogP contribution in [0.1, 0.15) is 13.8 Å². The largest absolute Gasteiger partial charge is 0.351 e. The number of thioether (sulfide) groups is 1. The summed E-state index contributed by atoms with van der Waals surface area (Å²) >= 11 is 1.24. The van der Waals surface area contributed by atoms with Gasteiger partial charge >= 0.3 is 6.03 Å². The number of primary amides is 1. The van der Waals surface area contributed by atoms with Gasteiger partial charge in [0.2, 0.25) is 5.91 Å². The number of nitrogens with zero attached hydrogens (tertiary/aromatic N) is 4. The van der Waals surface area contributed by atoms with Crippen LogP contribution in [0.15, 0.2) is 42.3 Å². The van der Waals surface area contributed by atoms with Crippen molar-refractivity contribution in [2.75, 3.05) is 0 Å². The molecule has 0 spiro atoms. The van der Waals surface area contributed by atoms with Crippen LogP contribution in [0, 0.1) is 5.92 Å². The van der Waals surface area contributed by atoms with Crippen LogP contribution in [0.4, 0.5) is 4.79 Å². The van der Waals surface area contributed by atoms with Crippen LogP contribution in [-0.4, -0.2) is 36.9 Å². The van der Waals surface area contributed by atoms with Crippen molar-refractivity contribution < 1.29 is 9.59 Å². The van der Waals surface area contributed by atoms with E-state index in [9.17, 15) is 9.59 Å². The Bertz CT molecular complexity index is 759. The molecule has 0 aliphatic heterocycles. The first-order chi connectivity index (χ1) is 11.9. The highest BCUT2D eigenvalue weighted by Crippen LogP contribution is 2.30. The predicted octanol–water partition coefficient (Wildman–Crippen LogP) is 1.84. The number of amides is 3. The molecule has 0 aliphatic carbocycles. The first kappa shape index (κ1) is 18.7. The molecule has 8 nitrogen and oxygen atoms in total. The van der Waals surface area contributed by atoms with E-state index in [-0.39, 0.29) is 5.92 Å². The smallest absolute Gasteiger partial charge is 0.318 e. The number of carbonyl (C=O) groups excluding carboxylic acids is 2. The van der Waals surface area contributed by atoms with Crippen LogP contribution in [0.5, 0.6) is 0 Å². The summed E-state index contributed by atoms with van der Waals surface area (Å²) in [5.41, 5.74) is 5.91. The number of aromatic nitrogens is 4. The van der Waals surface area contributed by atoms with Crippen LogP contribution in [-0.2, 0) is 11.3 Å². The minimum atomic E-state index is -0.874. The van der Waals surface area contributed by atoms with Gasteiger partial charge < -0.3 is 5.73 Å². The molecular formula is C16H20N6O2S. The first-order valence-electron chi connectivity index (χ1n) is 7.65. The number of pyridine rings is 1. The lowest BCUT2D eigenvalue weighted by atomic mass is 10.1. The Hall–Kier alpha value is -2.68. The van der Waals surface area contributed by atoms with Gasteiger partial charge in [-0.15, -0.1) is 16.8 Å². The van der Waals surface area contributed by atoms with Crippen molar-refractivity contribution >= 4 is 23.7 Å². The predicted molar refractivity (Wildman–Crippen MR) is 95.7 cm³/mol. The molecule has 0 radical (unpaired) electrons. The molecular weight excluding hydrogens is 340 g/mol. The van der Waals surface area contributed by atoms with Crippen LogP contribution < -0.4 is 11.1 Å². The summed E-state index contributed by atoms with van der Waals surface area (Å²) < 4.78 is 1.86. The van der Waals surface area contributed by atoms with Crippen LogP contribution in [0.3, 0.4) is 0 Å². The Morgan fingerprint density at radius 2 is 2.04 bits per heavy atom. The van der Waals surface area contributed by atoms with E-state index in [0.29, 0.717) is 17.5 Å². The number of nitrogens with two attached hydrogens (primary N) is 1. The summed E-state index contributed by atoms with van der Waals surface area (Å²) in [6.45, 7) is 8.01. The summed E-state index contributed by atoms with van der Waals surface area (Å²) in [4.78, 5) is 27.2. The molecule has 0 saturated heterocycles. The fraction of sp³-hybridized carbons (Fsp3) is 0.312. The number of imide groups is 1.